The minimum absolute atomic E-state index is 0.187. The van der Waals surface area contributed by atoms with Gasteiger partial charge in [-0.1, -0.05) is 28.1 Å². The van der Waals surface area contributed by atoms with Gasteiger partial charge in [0.05, 0.1) is 0 Å². The summed E-state index contributed by atoms with van der Waals surface area (Å²) in [6, 6.07) is 8.34. The Morgan fingerprint density at radius 2 is 2.07 bits per heavy atom. The van der Waals surface area contributed by atoms with Crippen molar-refractivity contribution in [3.05, 3.63) is 34.3 Å². The molecule has 0 aromatic heterocycles. The number of hydrogen-bond acceptors (Lipinski definition) is 2. The van der Waals surface area contributed by atoms with Crippen molar-refractivity contribution >= 4 is 15.9 Å². The number of unbranched alkanes of at least 4 members (excludes halogenated alkanes) is 1. The summed E-state index contributed by atoms with van der Waals surface area (Å²) >= 11 is 3.40. The van der Waals surface area contributed by atoms with E-state index < -0.39 is 0 Å². The van der Waals surface area contributed by atoms with Crippen molar-refractivity contribution in [1.82, 2.24) is 5.43 Å². The number of hydrazine groups is 1. The molecule has 2 nitrogen and oxygen atoms in total. The van der Waals surface area contributed by atoms with Gasteiger partial charge in [0.2, 0.25) is 0 Å². The molecule has 0 aliphatic carbocycles. The summed E-state index contributed by atoms with van der Waals surface area (Å²) in [6.07, 6.45) is 7.96. The molecule has 80 valence electrons. The maximum Gasteiger partial charge on any atom is 0.0460 e. The molecule has 15 heavy (non-hydrogen) atoms. The normalized spacial score (nSPS) is 12.1. The molecule has 0 bridgehead atoms. The van der Waals surface area contributed by atoms with E-state index in [-0.39, 0.29) is 6.04 Å². The molecule has 0 heterocycles. The number of terminal acetylenes is 1. The molecule has 0 saturated carbocycles. The van der Waals surface area contributed by atoms with Crippen molar-refractivity contribution in [3.63, 3.8) is 0 Å². The number of rotatable bonds is 5. The molecule has 0 aliphatic rings. The summed E-state index contributed by atoms with van der Waals surface area (Å²) in [5.41, 5.74) is 4.01. The number of hydrogen-bond donors (Lipinski definition) is 2. The highest BCUT2D eigenvalue weighted by Crippen LogP contribution is 2.20. The first-order valence-corrected chi connectivity index (χ1v) is 5.72. The minimum atomic E-state index is 0.187. The van der Waals surface area contributed by atoms with E-state index in [1.54, 1.807) is 0 Å². The Kier molecular flexibility index (Phi) is 5.41. The second-order valence-corrected chi connectivity index (χ2v) is 4.28. The molecule has 0 saturated heterocycles. The molecule has 0 radical (unpaired) electrons. The first kappa shape index (κ1) is 12.3. The fourth-order valence-electron chi connectivity index (χ4n) is 1.45. The van der Waals surface area contributed by atoms with Gasteiger partial charge in [0.25, 0.3) is 0 Å². The molecular weight excluding hydrogens is 252 g/mol. The second-order valence-electron chi connectivity index (χ2n) is 3.37. The maximum atomic E-state index is 5.51. The lowest BCUT2D eigenvalue weighted by atomic mass is 10.0. The van der Waals surface area contributed by atoms with Crippen LogP contribution < -0.4 is 11.3 Å². The van der Waals surface area contributed by atoms with Crippen LogP contribution in [0.4, 0.5) is 0 Å². The van der Waals surface area contributed by atoms with E-state index >= 15 is 0 Å². The Morgan fingerprint density at radius 3 is 2.60 bits per heavy atom. The van der Waals surface area contributed by atoms with Crippen LogP contribution in [0.2, 0.25) is 0 Å². The third-order valence-corrected chi connectivity index (χ3v) is 2.82. The first-order chi connectivity index (χ1) is 7.27. The van der Waals surface area contributed by atoms with Crippen LogP contribution >= 0.6 is 15.9 Å². The highest BCUT2D eigenvalue weighted by atomic mass is 79.9. The third kappa shape index (κ3) is 4.05. The van der Waals surface area contributed by atoms with Gasteiger partial charge >= 0.3 is 0 Å². The summed E-state index contributed by atoms with van der Waals surface area (Å²) in [5.74, 6) is 8.14. The Bertz CT molecular complexity index is 326. The van der Waals surface area contributed by atoms with Gasteiger partial charge < -0.3 is 0 Å². The van der Waals surface area contributed by atoms with Gasteiger partial charge in [-0.05, 0) is 30.5 Å². The Balaban J connectivity index is 2.58. The fourth-order valence-corrected chi connectivity index (χ4v) is 1.71. The zero-order valence-corrected chi connectivity index (χ0v) is 10.1. The van der Waals surface area contributed by atoms with Gasteiger partial charge in [0, 0.05) is 16.9 Å². The van der Waals surface area contributed by atoms with Gasteiger partial charge in [-0.3, -0.25) is 11.3 Å². The molecule has 1 aromatic carbocycles. The third-order valence-electron chi connectivity index (χ3n) is 2.29. The quantitative estimate of drug-likeness (QED) is 0.372. The van der Waals surface area contributed by atoms with Crippen LogP contribution in [0.1, 0.15) is 30.9 Å². The van der Waals surface area contributed by atoms with E-state index in [4.69, 9.17) is 12.3 Å². The number of benzene rings is 1. The smallest absolute Gasteiger partial charge is 0.0460 e. The van der Waals surface area contributed by atoms with Gasteiger partial charge in [-0.15, -0.1) is 12.3 Å². The summed E-state index contributed by atoms with van der Waals surface area (Å²) in [4.78, 5) is 0. The Morgan fingerprint density at radius 1 is 1.40 bits per heavy atom. The molecule has 0 spiro atoms. The predicted octanol–water partition coefficient (Wildman–Crippen LogP) is 2.76. The molecule has 1 unspecified atom stereocenters. The first-order valence-electron chi connectivity index (χ1n) is 4.93. The molecule has 3 N–H and O–H groups in total. The second kappa shape index (κ2) is 6.62. The van der Waals surface area contributed by atoms with E-state index in [0.717, 1.165) is 23.7 Å². The zero-order chi connectivity index (χ0) is 11.1. The van der Waals surface area contributed by atoms with Crippen molar-refractivity contribution in [2.45, 2.75) is 25.3 Å². The standard InChI is InChI=1S/C12H15BrN2/c1-2-3-4-5-12(15-14)10-6-8-11(13)9-7-10/h1,6-9,12,15H,3-5,14H2. The Hall–Kier alpha value is -0.820. The Labute approximate surface area is 99.3 Å². The van der Waals surface area contributed by atoms with Crippen molar-refractivity contribution < 1.29 is 0 Å². The minimum Gasteiger partial charge on any atom is -0.271 e. The molecule has 0 fully saturated rings. The zero-order valence-electron chi connectivity index (χ0n) is 8.54. The van der Waals surface area contributed by atoms with E-state index in [2.05, 4.69) is 39.4 Å². The van der Waals surface area contributed by atoms with Crippen LogP contribution in [0.5, 0.6) is 0 Å². The van der Waals surface area contributed by atoms with Gasteiger partial charge in [-0.2, -0.15) is 0 Å². The number of nitrogens with one attached hydrogen (secondary N) is 1. The van der Waals surface area contributed by atoms with Crippen LogP contribution in [-0.4, -0.2) is 0 Å². The highest BCUT2D eigenvalue weighted by Gasteiger charge is 2.08. The summed E-state index contributed by atoms with van der Waals surface area (Å²) in [6.45, 7) is 0. The monoisotopic (exact) mass is 266 g/mol. The number of nitrogens with two attached hydrogens (primary N) is 1. The molecule has 0 aliphatic heterocycles. The van der Waals surface area contributed by atoms with Crippen molar-refractivity contribution in [1.29, 1.82) is 0 Å². The topological polar surface area (TPSA) is 38.0 Å². The van der Waals surface area contributed by atoms with Crippen LogP contribution in [-0.2, 0) is 0 Å². The lowest BCUT2D eigenvalue weighted by molar-refractivity contribution is 0.502. The molecule has 1 atom stereocenters. The average molecular weight is 267 g/mol. The molecule has 1 aromatic rings. The van der Waals surface area contributed by atoms with Crippen LogP contribution in [0.15, 0.2) is 28.7 Å². The molecule has 1 rings (SSSR count). The van der Waals surface area contributed by atoms with Crippen LogP contribution in [0.25, 0.3) is 0 Å². The van der Waals surface area contributed by atoms with Crippen molar-refractivity contribution in [3.8, 4) is 12.3 Å². The highest BCUT2D eigenvalue weighted by molar-refractivity contribution is 9.10. The van der Waals surface area contributed by atoms with E-state index in [1.807, 2.05) is 12.1 Å². The van der Waals surface area contributed by atoms with E-state index in [9.17, 15) is 0 Å². The van der Waals surface area contributed by atoms with Gasteiger partial charge in [0.1, 0.15) is 0 Å². The predicted molar refractivity (Wildman–Crippen MR) is 66.9 cm³/mol. The average Bonchev–Trinajstić information content (AvgIpc) is 2.26. The number of halogens is 1. The largest absolute Gasteiger partial charge is 0.271 e. The van der Waals surface area contributed by atoms with E-state index in [1.165, 1.54) is 5.56 Å². The molecule has 3 heteroatoms. The SMILES string of the molecule is C#CCCCC(NN)c1ccc(Br)cc1. The van der Waals surface area contributed by atoms with Crippen LogP contribution in [0.3, 0.4) is 0 Å². The van der Waals surface area contributed by atoms with E-state index in [0.29, 0.717) is 0 Å². The lowest BCUT2D eigenvalue weighted by Gasteiger charge is -2.15. The van der Waals surface area contributed by atoms with Crippen molar-refractivity contribution in [2.75, 3.05) is 0 Å². The van der Waals surface area contributed by atoms with Gasteiger partial charge in [0.15, 0.2) is 0 Å². The van der Waals surface area contributed by atoms with Gasteiger partial charge in [-0.25, -0.2) is 0 Å². The lowest BCUT2D eigenvalue weighted by Crippen LogP contribution is -2.27. The summed E-state index contributed by atoms with van der Waals surface area (Å²) in [5, 5.41) is 0. The fraction of sp³-hybridized carbons (Fsp3) is 0.333. The summed E-state index contributed by atoms with van der Waals surface area (Å²) in [7, 11) is 0. The molecular formula is C12H15BrN2. The molecule has 0 amide bonds. The van der Waals surface area contributed by atoms with Crippen molar-refractivity contribution in [2.24, 2.45) is 5.84 Å². The summed E-state index contributed by atoms with van der Waals surface area (Å²) < 4.78 is 1.07. The maximum absolute atomic E-state index is 5.51. The van der Waals surface area contributed by atoms with Crippen LogP contribution in [0, 0.1) is 12.3 Å².